The molecule has 11 atom stereocenters. The molecule has 1 heterocycles. The normalized spacial score (nSPS) is 15.8. The molecular formula is C62H87N11O26S. The van der Waals surface area contributed by atoms with Crippen molar-refractivity contribution >= 4 is 105 Å². The van der Waals surface area contributed by atoms with Crippen molar-refractivity contribution < 1.29 is 125 Å². The van der Waals surface area contributed by atoms with Gasteiger partial charge in [-0.25, -0.2) is 0 Å². The van der Waals surface area contributed by atoms with E-state index >= 15 is 0 Å². The Bertz CT molecular complexity index is 3390. The maximum absolute atomic E-state index is 14.7. The molecule has 1 aliphatic rings. The van der Waals surface area contributed by atoms with E-state index < -0.39 is 248 Å². The quantitative estimate of drug-likeness (QED) is 0.0304. The Morgan fingerprint density at radius 2 is 0.830 bits per heavy atom. The van der Waals surface area contributed by atoms with E-state index in [-0.39, 0.29) is 50.1 Å². The number of likely N-dealkylation sites (tertiary alicyclic amines) is 1. The lowest BCUT2D eigenvalue weighted by molar-refractivity contribution is -0.143. The second kappa shape index (κ2) is 40.5. The SMILES string of the molecule is CC(C)C[C@H](NC(=O)[C@H](Cc1ccc(OS(=O)(=O)O)cc1)NC(=O)[C@H](CCC(=O)O)NC(=O)[C@H](CCC(=O)O)NC(=O)[C@@H]1CCCN1C(=O)[C@H](CC(C)C)NC(=O)[C@H](CCC(=O)O)NC(=O)[C@H](CCC(=O)O)NC(=O)[C@H](Cc1ccccc1)NC(=O)[C@@H](N)CC(=O)O)C(=O)N[C@@H](C)C(=O)O. The summed E-state index contributed by atoms with van der Waals surface area (Å²) < 4.78 is 36.3. The Labute approximate surface area is 573 Å². The Balaban J connectivity index is 1.99. The summed E-state index contributed by atoms with van der Waals surface area (Å²) in [5.74, 6) is -21.1. The molecule has 3 rings (SSSR count). The van der Waals surface area contributed by atoms with Crippen LogP contribution in [0.5, 0.6) is 5.75 Å². The van der Waals surface area contributed by atoms with E-state index in [9.17, 15) is 116 Å². The number of carboxylic acid groups (broad SMARTS) is 6. The van der Waals surface area contributed by atoms with Gasteiger partial charge in [-0.15, -0.1) is 0 Å². The lowest BCUT2D eigenvalue weighted by atomic mass is 10.00. The maximum Gasteiger partial charge on any atom is 0.446 e. The van der Waals surface area contributed by atoms with E-state index in [1.54, 1.807) is 58.0 Å². The summed E-state index contributed by atoms with van der Waals surface area (Å²) in [5, 5.41) is 78.7. The number of nitrogens with two attached hydrogens (primary N) is 1. The first kappa shape index (κ1) is 83.9. The van der Waals surface area contributed by atoms with E-state index in [1.165, 1.54) is 12.1 Å². The number of benzene rings is 2. The van der Waals surface area contributed by atoms with Gasteiger partial charge in [0.2, 0.25) is 59.1 Å². The molecule has 1 fully saturated rings. The largest absolute Gasteiger partial charge is 0.481 e. The van der Waals surface area contributed by atoms with Crippen LogP contribution in [0.1, 0.15) is 129 Å². The van der Waals surface area contributed by atoms with Gasteiger partial charge in [-0.2, -0.15) is 8.42 Å². The van der Waals surface area contributed by atoms with Gasteiger partial charge in [0.15, 0.2) is 0 Å². The van der Waals surface area contributed by atoms with Gasteiger partial charge in [0.1, 0.15) is 66.2 Å². The number of hydrogen-bond donors (Lipinski definition) is 17. The first-order valence-corrected chi connectivity index (χ1v) is 33.0. The summed E-state index contributed by atoms with van der Waals surface area (Å²) >= 11 is 0. The van der Waals surface area contributed by atoms with E-state index in [4.69, 9.17) is 10.3 Å². The number of nitrogens with one attached hydrogen (secondary N) is 9. The zero-order valence-electron chi connectivity index (χ0n) is 55.3. The van der Waals surface area contributed by atoms with Crippen molar-refractivity contribution in [2.45, 2.75) is 197 Å². The van der Waals surface area contributed by atoms with Gasteiger partial charge >= 0.3 is 46.2 Å². The Kier molecular flexibility index (Phi) is 34.0. The minimum Gasteiger partial charge on any atom is -0.481 e. The van der Waals surface area contributed by atoms with Crippen LogP contribution in [0.15, 0.2) is 54.6 Å². The molecule has 2 aromatic carbocycles. The molecule has 38 heteroatoms. The van der Waals surface area contributed by atoms with Crippen LogP contribution in [-0.2, 0) is 100.0 Å². The summed E-state index contributed by atoms with van der Waals surface area (Å²) in [7, 11) is -5.00. The van der Waals surface area contributed by atoms with Crippen LogP contribution in [0.25, 0.3) is 0 Å². The van der Waals surface area contributed by atoms with Crippen LogP contribution in [-0.4, -0.2) is 216 Å². The molecular weight excluding hydrogens is 1350 g/mol. The number of aliphatic carboxylic acids is 6. The van der Waals surface area contributed by atoms with Crippen LogP contribution >= 0.6 is 0 Å². The first-order valence-electron chi connectivity index (χ1n) is 31.6. The molecule has 18 N–H and O–H groups in total. The summed E-state index contributed by atoms with van der Waals surface area (Å²) in [6, 6.07) is -5.81. The van der Waals surface area contributed by atoms with Crippen molar-refractivity contribution in [3.05, 3.63) is 65.7 Å². The molecule has 100 heavy (non-hydrogen) atoms. The highest BCUT2D eigenvalue weighted by atomic mass is 32.3. The second-order valence-electron chi connectivity index (χ2n) is 24.5. The highest BCUT2D eigenvalue weighted by Gasteiger charge is 2.42. The third-order valence-corrected chi connectivity index (χ3v) is 15.6. The third kappa shape index (κ3) is 30.6. The Morgan fingerprint density at radius 3 is 1.23 bits per heavy atom. The minimum atomic E-state index is -5.00. The van der Waals surface area contributed by atoms with Crippen molar-refractivity contribution in [2.75, 3.05) is 6.54 Å². The smallest absolute Gasteiger partial charge is 0.446 e. The molecule has 0 spiro atoms. The fourth-order valence-corrected chi connectivity index (χ4v) is 10.5. The number of rotatable bonds is 44. The number of carbonyl (C=O) groups is 16. The molecule has 0 unspecified atom stereocenters. The average molecular weight is 1430 g/mol. The molecule has 552 valence electrons. The lowest BCUT2D eigenvalue weighted by Gasteiger charge is -2.31. The number of amides is 10. The van der Waals surface area contributed by atoms with Crippen LogP contribution in [0.4, 0.5) is 0 Å². The Hall–Kier alpha value is -10.4. The van der Waals surface area contributed by atoms with Crippen LogP contribution in [0, 0.1) is 11.8 Å². The topological polar surface area (TPSA) is 596 Å². The van der Waals surface area contributed by atoms with Gasteiger partial charge in [-0.05, 0) is 93.4 Å². The standard InChI is InChI=1S/C62H87N11O26S/c1-31(2)26-42(57(89)64-33(5)62(94)95)70-59(91)44(29-35-13-15-36(16-14-35)99-100(96,97)98)71-55(87)39(18-22-48(76)77)65-54(86)41(20-24-50(80)81)68-60(92)46-12-9-25-73(46)61(93)45(27-32(3)4)72-56(88)40(19-23-49(78)79)66-53(85)38(17-21-47(74)75)67-58(90)43(28-34-10-7-6-8-11-34)69-52(84)37(63)30-51(82)83/h6-8,10-11,13-16,31-33,37-46H,9,12,17-30,63H2,1-5H3,(H,64,89)(H,65,86)(H,66,85)(H,67,90)(H,68,92)(H,69,84)(H,70,91)(H,71,87)(H,72,88)(H,74,75)(H,76,77)(H,78,79)(H,80,81)(H,82,83)(H,94,95)(H,96,97,98)/t33-,37-,38-,39-,40-,41-,42-,43-,44-,45-,46-/m0/s1. The zero-order chi connectivity index (χ0) is 75.3. The van der Waals surface area contributed by atoms with Crippen LogP contribution in [0.2, 0.25) is 0 Å². The van der Waals surface area contributed by atoms with E-state index in [0.29, 0.717) is 5.56 Å². The molecule has 0 radical (unpaired) electrons. The van der Waals surface area contributed by atoms with Gasteiger partial charge in [-0.3, -0.25) is 81.3 Å². The predicted molar refractivity (Wildman–Crippen MR) is 345 cm³/mol. The van der Waals surface area contributed by atoms with Crippen molar-refractivity contribution in [1.82, 2.24) is 52.8 Å². The van der Waals surface area contributed by atoms with Crippen molar-refractivity contribution in [1.29, 1.82) is 0 Å². The third-order valence-electron chi connectivity index (χ3n) is 15.2. The van der Waals surface area contributed by atoms with Crippen LogP contribution in [0.3, 0.4) is 0 Å². The molecule has 10 amide bonds. The summed E-state index contributed by atoms with van der Waals surface area (Å²) in [6.45, 7) is 7.60. The number of carboxylic acids is 6. The fraction of sp³-hybridized carbons (Fsp3) is 0.548. The van der Waals surface area contributed by atoms with E-state index in [0.717, 1.165) is 24.0 Å². The highest BCUT2D eigenvalue weighted by molar-refractivity contribution is 7.81. The van der Waals surface area contributed by atoms with Gasteiger partial charge in [0, 0.05) is 45.1 Å². The zero-order valence-corrected chi connectivity index (χ0v) is 56.2. The number of carbonyl (C=O) groups excluding carboxylic acids is 10. The number of nitrogens with zero attached hydrogens (tertiary/aromatic N) is 1. The summed E-state index contributed by atoms with van der Waals surface area (Å²) in [5.41, 5.74) is 6.36. The first-order chi connectivity index (χ1) is 46.7. The van der Waals surface area contributed by atoms with E-state index in [2.05, 4.69) is 52.0 Å². The molecule has 0 aliphatic carbocycles. The average Bonchev–Trinajstić information content (AvgIpc) is 1.57. The van der Waals surface area contributed by atoms with Crippen molar-refractivity contribution in [3.63, 3.8) is 0 Å². The minimum absolute atomic E-state index is 0.0826. The molecule has 0 saturated carbocycles. The molecule has 37 nitrogen and oxygen atoms in total. The monoisotopic (exact) mass is 1430 g/mol. The summed E-state index contributed by atoms with van der Waals surface area (Å²) in [6.07, 6.45) is -7.84. The van der Waals surface area contributed by atoms with Gasteiger partial charge in [-0.1, -0.05) is 70.2 Å². The van der Waals surface area contributed by atoms with E-state index in [1.807, 2.05) is 0 Å². The summed E-state index contributed by atoms with van der Waals surface area (Å²) in [4.78, 5) is 213. The second-order valence-corrected chi connectivity index (χ2v) is 25.5. The highest BCUT2D eigenvalue weighted by Crippen LogP contribution is 2.23. The van der Waals surface area contributed by atoms with Crippen molar-refractivity contribution in [2.24, 2.45) is 17.6 Å². The molecule has 2 aromatic rings. The van der Waals surface area contributed by atoms with Gasteiger partial charge in [0.25, 0.3) is 0 Å². The molecule has 1 saturated heterocycles. The lowest BCUT2D eigenvalue weighted by Crippen LogP contribution is -2.61. The van der Waals surface area contributed by atoms with Crippen LogP contribution < -0.4 is 57.8 Å². The molecule has 0 bridgehead atoms. The molecule has 0 aromatic heterocycles. The Morgan fingerprint density at radius 1 is 0.470 bits per heavy atom. The van der Waals surface area contributed by atoms with Gasteiger partial charge in [0.05, 0.1) is 12.5 Å². The maximum atomic E-state index is 14.7. The number of hydrogen-bond acceptors (Lipinski definition) is 20. The van der Waals surface area contributed by atoms with Gasteiger partial charge < -0.3 is 93.3 Å². The fourth-order valence-electron chi connectivity index (χ4n) is 10.2. The predicted octanol–water partition coefficient (Wildman–Crippen LogP) is -2.53. The molecule has 1 aliphatic heterocycles. The van der Waals surface area contributed by atoms with Crippen molar-refractivity contribution in [3.8, 4) is 5.75 Å².